The van der Waals surface area contributed by atoms with Gasteiger partial charge < -0.3 is 4.98 Å². The van der Waals surface area contributed by atoms with Gasteiger partial charge in [0.1, 0.15) is 10.7 Å². The lowest BCUT2D eigenvalue weighted by atomic mass is 9.97. The van der Waals surface area contributed by atoms with E-state index in [-0.39, 0.29) is 18.1 Å². The van der Waals surface area contributed by atoms with E-state index in [1.807, 2.05) is 0 Å². The van der Waals surface area contributed by atoms with E-state index in [4.69, 9.17) is 0 Å². The van der Waals surface area contributed by atoms with Crippen LogP contribution in [0.25, 0.3) is 10.2 Å². The zero-order chi connectivity index (χ0) is 17.6. The van der Waals surface area contributed by atoms with Crippen molar-refractivity contribution in [1.29, 1.82) is 0 Å². The van der Waals surface area contributed by atoms with Gasteiger partial charge in [-0.25, -0.2) is 13.4 Å². The third kappa shape index (κ3) is 3.27. The Bertz CT molecular complexity index is 955. The second kappa shape index (κ2) is 6.48. The van der Waals surface area contributed by atoms with Crippen molar-refractivity contribution in [3.63, 3.8) is 0 Å². The van der Waals surface area contributed by atoms with Crippen LogP contribution in [-0.2, 0) is 29.4 Å². The van der Waals surface area contributed by atoms with Crippen LogP contribution >= 0.6 is 11.3 Å². The van der Waals surface area contributed by atoms with Gasteiger partial charge in [0.05, 0.1) is 18.2 Å². The Balaban J connectivity index is 1.72. The molecule has 136 valence electrons. The Labute approximate surface area is 151 Å². The summed E-state index contributed by atoms with van der Waals surface area (Å²) in [5, 5.41) is 0.718. The summed E-state index contributed by atoms with van der Waals surface area (Å²) in [6.07, 6.45) is 9.34. The molecule has 0 aromatic carbocycles. The number of H-pyrrole nitrogens is 1. The average molecular weight is 382 g/mol. The first-order valence-electron chi connectivity index (χ1n) is 8.94. The molecule has 0 aliphatic heterocycles. The Morgan fingerprint density at radius 3 is 2.64 bits per heavy atom. The average Bonchev–Trinajstić information content (AvgIpc) is 3.18. The summed E-state index contributed by atoms with van der Waals surface area (Å²) >= 11 is 1.60. The number of thiophene rings is 1. The molecule has 1 N–H and O–H groups in total. The maximum absolute atomic E-state index is 12.6. The predicted octanol–water partition coefficient (Wildman–Crippen LogP) is 2.57. The van der Waals surface area contributed by atoms with Crippen molar-refractivity contribution in [2.24, 2.45) is 0 Å². The van der Waals surface area contributed by atoms with Gasteiger partial charge in [-0.2, -0.15) is 4.31 Å². The molecule has 0 bridgehead atoms. The molecule has 2 heterocycles. The van der Waals surface area contributed by atoms with Crippen LogP contribution in [0.5, 0.6) is 0 Å². The molecule has 8 heteroatoms. The first-order valence-corrected chi connectivity index (χ1v) is 11.6. The molecule has 2 aromatic rings. The molecule has 0 spiro atoms. The molecule has 0 amide bonds. The third-order valence-corrected chi connectivity index (χ3v) is 7.80. The third-order valence-electron chi connectivity index (χ3n) is 5.34. The Hall–Kier alpha value is -1.25. The minimum absolute atomic E-state index is 0.0209. The highest BCUT2D eigenvalue weighted by molar-refractivity contribution is 7.88. The van der Waals surface area contributed by atoms with Crippen molar-refractivity contribution >= 4 is 31.6 Å². The maximum Gasteiger partial charge on any atom is 0.259 e. The molecule has 1 fully saturated rings. The summed E-state index contributed by atoms with van der Waals surface area (Å²) < 4.78 is 26.0. The van der Waals surface area contributed by atoms with Crippen LogP contribution in [0.3, 0.4) is 0 Å². The molecular weight excluding hydrogens is 358 g/mol. The van der Waals surface area contributed by atoms with Crippen LogP contribution in [0.1, 0.15) is 54.8 Å². The van der Waals surface area contributed by atoms with Crippen molar-refractivity contribution in [1.82, 2.24) is 14.3 Å². The number of rotatable bonds is 4. The number of sulfonamides is 1. The van der Waals surface area contributed by atoms with Gasteiger partial charge in [-0.3, -0.25) is 4.79 Å². The number of nitrogens with one attached hydrogen (secondary N) is 1. The van der Waals surface area contributed by atoms with Gasteiger partial charge in [0.15, 0.2) is 0 Å². The summed E-state index contributed by atoms with van der Waals surface area (Å²) in [5.41, 5.74) is 1.03. The Kier molecular flexibility index (Phi) is 4.45. The maximum atomic E-state index is 12.6. The number of nitrogens with zero attached hydrogens (tertiary/aromatic N) is 2. The monoisotopic (exact) mass is 381 g/mol. The van der Waals surface area contributed by atoms with E-state index >= 15 is 0 Å². The van der Waals surface area contributed by atoms with Crippen LogP contribution in [0.2, 0.25) is 0 Å². The normalized spacial score (nSPS) is 19.0. The summed E-state index contributed by atoms with van der Waals surface area (Å²) in [5.74, 6) is 0.452. The summed E-state index contributed by atoms with van der Waals surface area (Å²) in [6, 6.07) is 0.0209. The molecule has 6 nitrogen and oxygen atoms in total. The second-order valence-electron chi connectivity index (χ2n) is 7.15. The zero-order valence-corrected chi connectivity index (χ0v) is 16.0. The highest BCUT2D eigenvalue weighted by atomic mass is 32.2. The van der Waals surface area contributed by atoms with E-state index in [1.54, 1.807) is 11.3 Å². The molecule has 2 aliphatic rings. The summed E-state index contributed by atoms with van der Waals surface area (Å²) in [4.78, 5) is 22.1. The first kappa shape index (κ1) is 17.2. The fourth-order valence-corrected chi connectivity index (χ4v) is 6.53. The lowest BCUT2D eigenvalue weighted by molar-refractivity contribution is 0.312. The molecule has 2 aromatic heterocycles. The smallest absolute Gasteiger partial charge is 0.259 e. The predicted molar refractivity (Wildman–Crippen MR) is 99.5 cm³/mol. The number of aryl methyl sites for hydroxylation is 2. The van der Waals surface area contributed by atoms with E-state index in [2.05, 4.69) is 9.97 Å². The van der Waals surface area contributed by atoms with Gasteiger partial charge in [0, 0.05) is 10.9 Å². The SMILES string of the molecule is CS(=O)(=O)N(Cc1nc2sc3c(c2c(=O)[nH]1)CCCC3)C1CCCC1. The van der Waals surface area contributed by atoms with Crippen LogP contribution < -0.4 is 5.56 Å². The van der Waals surface area contributed by atoms with Gasteiger partial charge in [0.2, 0.25) is 10.0 Å². The van der Waals surface area contributed by atoms with Crippen molar-refractivity contribution < 1.29 is 8.42 Å². The molecule has 0 radical (unpaired) electrons. The Morgan fingerprint density at radius 2 is 1.92 bits per heavy atom. The van der Waals surface area contributed by atoms with Gasteiger partial charge in [-0.1, -0.05) is 12.8 Å². The molecule has 0 unspecified atom stereocenters. The van der Waals surface area contributed by atoms with Crippen LogP contribution in [0.4, 0.5) is 0 Å². The fourth-order valence-electron chi connectivity index (χ4n) is 4.14. The molecule has 25 heavy (non-hydrogen) atoms. The standard InChI is InChI=1S/C17H23N3O3S2/c1-25(22,23)20(11-6-2-3-7-11)10-14-18-16(21)15-12-8-4-5-9-13(12)24-17(15)19-14/h11H,2-10H2,1H3,(H,18,19,21). The highest BCUT2D eigenvalue weighted by Crippen LogP contribution is 2.34. The molecule has 2 aliphatic carbocycles. The second-order valence-corrected chi connectivity index (χ2v) is 10.2. The van der Waals surface area contributed by atoms with E-state index in [0.29, 0.717) is 5.82 Å². The topological polar surface area (TPSA) is 83.1 Å². The zero-order valence-electron chi connectivity index (χ0n) is 14.4. The van der Waals surface area contributed by atoms with Gasteiger partial charge in [-0.05, 0) is 44.1 Å². The minimum Gasteiger partial charge on any atom is -0.309 e. The van der Waals surface area contributed by atoms with E-state index in [0.717, 1.165) is 67.1 Å². The van der Waals surface area contributed by atoms with E-state index in [9.17, 15) is 13.2 Å². The fraction of sp³-hybridized carbons (Fsp3) is 0.647. The minimum atomic E-state index is -3.34. The summed E-state index contributed by atoms with van der Waals surface area (Å²) in [6.45, 7) is 0.150. The molecule has 0 atom stereocenters. The number of hydrogen-bond acceptors (Lipinski definition) is 5. The Morgan fingerprint density at radius 1 is 1.20 bits per heavy atom. The van der Waals surface area contributed by atoms with Crippen molar-refractivity contribution in [2.75, 3.05) is 6.26 Å². The molecule has 4 rings (SSSR count). The molecular formula is C17H23N3O3S2. The van der Waals surface area contributed by atoms with Crippen LogP contribution in [0, 0.1) is 0 Å². The first-order chi connectivity index (χ1) is 11.9. The quantitative estimate of drug-likeness (QED) is 0.882. The number of aromatic amines is 1. The van der Waals surface area contributed by atoms with E-state index in [1.165, 1.54) is 15.4 Å². The van der Waals surface area contributed by atoms with Crippen LogP contribution in [0.15, 0.2) is 4.79 Å². The van der Waals surface area contributed by atoms with Crippen molar-refractivity contribution in [2.45, 2.75) is 64.0 Å². The van der Waals surface area contributed by atoms with Gasteiger partial charge in [-0.15, -0.1) is 11.3 Å². The highest BCUT2D eigenvalue weighted by Gasteiger charge is 2.30. The van der Waals surface area contributed by atoms with Gasteiger partial charge in [0.25, 0.3) is 5.56 Å². The molecule has 1 saturated carbocycles. The molecule has 0 saturated heterocycles. The van der Waals surface area contributed by atoms with Gasteiger partial charge >= 0.3 is 0 Å². The number of hydrogen-bond donors (Lipinski definition) is 1. The summed E-state index contributed by atoms with van der Waals surface area (Å²) in [7, 11) is -3.34. The lowest BCUT2D eigenvalue weighted by Gasteiger charge is -2.25. The largest absolute Gasteiger partial charge is 0.309 e. The van der Waals surface area contributed by atoms with Crippen LogP contribution in [-0.4, -0.2) is 35.0 Å². The van der Waals surface area contributed by atoms with Crippen molar-refractivity contribution in [3.8, 4) is 0 Å². The van der Waals surface area contributed by atoms with Crippen molar-refractivity contribution in [3.05, 3.63) is 26.6 Å². The lowest BCUT2D eigenvalue weighted by Crippen LogP contribution is -2.38. The number of aromatic nitrogens is 2. The number of fused-ring (bicyclic) bond motifs is 3. The van der Waals surface area contributed by atoms with E-state index < -0.39 is 10.0 Å².